The summed E-state index contributed by atoms with van der Waals surface area (Å²) in [6.07, 6.45) is 4.25. The SMILES string of the molecule is C[C@@H](O)[C@H](C)n1ncn(-c2ccc(N3CCN(c4ccc(OC[C@H]5CO[C@](Cn6cncn6)(c6ccc(F)cc6F)C5)cc4)CC3)cc2)c1=O. The molecule has 2 saturated heterocycles. The van der Waals surface area contributed by atoms with Gasteiger partial charge < -0.3 is 24.4 Å². The van der Waals surface area contributed by atoms with Crippen LogP contribution in [0.4, 0.5) is 20.2 Å². The quantitative estimate of drug-likeness (QED) is 0.219. The molecular weight excluding hydrogens is 646 g/mol. The smallest absolute Gasteiger partial charge is 0.350 e. The lowest BCUT2D eigenvalue weighted by molar-refractivity contribution is -0.0206. The second-order valence-electron chi connectivity index (χ2n) is 13.1. The molecule has 1 N–H and O–H groups in total. The van der Waals surface area contributed by atoms with Gasteiger partial charge >= 0.3 is 5.69 Å². The molecule has 12 nitrogen and oxygen atoms in total. The largest absolute Gasteiger partial charge is 0.493 e. The first-order valence-electron chi connectivity index (χ1n) is 16.8. The Morgan fingerprint density at radius 2 is 1.58 bits per heavy atom. The summed E-state index contributed by atoms with van der Waals surface area (Å²) < 4.78 is 45.5. The Morgan fingerprint density at radius 3 is 2.20 bits per heavy atom. The average Bonchev–Trinajstić information content (AvgIpc) is 3.88. The molecule has 0 amide bonds. The van der Waals surface area contributed by atoms with Crippen molar-refractivity contribution in [3.8, 4) is 11.4 Å². The zero-order chi connectivity index (χ0) is 34.8. The predicted octanol–water partition coefficient (Wildman–Crippen LogP) is 4.18. The fourth-order valence-corrected chi connectivity index (χ4v) is 6.78. The minimum Gasteiger partial charge on any atom is -0.493 e. The molecule has 7 rings (SSSR count). The van der Waals surface area contributed by atoms with Crippen molar-refractivity contribution < 1.29 is 23.4 Å². The Kier molecular flexibility index (Phi) is 9.38. The Hall–Kier alpha value is -5.08. The molecule has 14 heteroatoms. The van der Waals surface area contributed by atoms with Crippen molar-refractivity contribution in [2.45, 2.75) is 44.6 Å². The Bertz CT molecular complexity index is 1940. The van der Waals surface area contributed by atoms with Crippen LogP contribution in [0.5, 0.6) is 5.75 Å². The summed E-state index contributed by atoms with van der Waals surface area (Å²) >= 11 is 0. The van der Waals surface area contributed by atoms with Gasteiger partial charge in [-0.25, -0.2) is 32.5 Å². The first kappa shape index (κ1) is 33.4. The molecule has 3 aromatic carbocycles. The molecular formula is C36H40F2N8O4. The lowest BCUT2D eigenvalue weighted by Gasteiger charge is -2.37. The van der Waals surface area contributed by atoms with Crippen LogP contribution in [0.1, 0.15) is 31.9 Å². The second-order valence-corrected chi connectivity index (χ2v) is 13.1. The summed E-state index contributed by atoms with van der Waals surface area (Å²) in [7, 11) is 0. The third-order valence-electron chi connectivity index (χ3n) is 9.76. The summed E-state index contributed by atoms with van der Waals surface area (Å²) in [5.41, 5.74) is 1.90. The third-order valence-corrected chi connectivity index (χ3v) is 9.76. The first-order valence-corrected chi connectivity index (χ1v) is 16.8. The van der Waals surface area contributed by atoms with Gasteiger partial charge in [-0.15, -0.1) is 0 Å². The average molecular weight is 687 g/mol. The molecule has 0 radical (unpaired) electrons. The van der Waals surface area contributed by atoms with Crippen LogP contribution >= 0.6 is 0 Å². The zero-order valence-electron chi connectivity index (χ0n) is 28.0. The topological polar surface area (TPSA) is 116 Å². The number of aliphatic hydroxyl groups is 1. The highest BCUT2D eigenvalue weighted by molar-refractivity contribution is 5.54. The highest BCUT2D eigenvalue weighted by Gasteiger charge is 2.44. The highest BCUT2D eigenvalue weighted by Crippen LogP contribution is 2.42. The van der Waals surface area contributed by atoms with Crippen molar-refractivity contribution in [3.05, 3.63) is 113 Å². The summed E-state index contributed by atoms with van der Waals surface area (Å²) in [4.78, 5) is 21.5. The molecule has 2 aliphatic heterocycles. The number of ether oxygens (including phenoxy) is 2. The van der Waals surface area contributed by atoms with Gasteiger partial charge in [0.1, 0.15) is 42.0 Å². The van der Waals surface area contributed by atoms with E-state index < -0.39 is 29.4 Å². The number of anilines is 2. The molecule has 2 aromatic heterocycles. The fourth-order valence-electron chi connectivity index (χ4n) is 6.78. The number of benzene rings is 3. The minimum atomic E-state index is -1.02. The summed E-state index contributed by atoms with van der Waals surface area (Å²) in [5.74, 6) is -0.564. The van der Waals surface area contributed by atoms with Gasteiger partial charge in [0.15, 0.2) is 0 Å². The maximum atomic E-state index is 15.0. The van der Waals surface area contributed by atoms with Crippen molar-refractivity contribution in [1.82, 2.24) is 29.1 Å². The standard InChI is InChI=1S/C36H40F2N8O4/c1-25(26(2)47)46-35(48)45(24-41-46)31-6-4-29(5-7-31)42-13-15-43(16-14-42)30-8-10-32(11-9-30)49-19-27-18-36(50-20-27,21-44-23-39-22-40-44)33-12-3-28(37)17-34(33)38/h3-12,17,22-27,47H,13-16,18-21H2,1-2H3/t25-,26+,27-,36+/m0/s1. The van der Waals surface area contributed by atoms with Gasteiger partial charge in [-0.2, -0.15) is 10.2 Å². The van der Waals surface area contributed by atoms with Gasteiger partial charge in [0.2, 0.25) is 0 Å². The zero-order valence-corrected chi connectivity index (χ0v) is 28.0. The first-order chi connectivity index (χ1) is 24.2. The lowest BCUT2D eigenvalue weighted by atomic mass is 9.87. The van der Waals surface area contributed by atoms with E-state index in [2.05, 4.69) is 37.1 Å². The molecule has 5 aromatic rings. The van der Waals surface area contributed by atoms with Gasteiger partial charge in [-0.1, -0.05) is 6.07 Å². The molecule has 2 fully saturated rings. The van der Waals surface area contributed by atoms with Crippen molar-refractivity contribution in [2.24, 2.45) is 5.92 Å². The molecule has 50 heavy (non-hydrogen) atoms. The number of aromatic nitrogens is 6. The number of hydrogen-bond acceptors (Lipinski definition) is 9. The molecule has 0 saturated carbocycles. The maximum absolute atomic E-state index is 15.0. The fraction of sp³-hybridized carbons (Fsp3) is 0.389. The lowest BCUT2D eigenvalue weighted by Crippen LogP contribution is -2.46. The van der Waals surface area contributed by atoms with Gasteiger partial charge in [0.25, 0.3) is 0 Å². The molecule has 4 heterocycles. The van der Waals surface area contributed by atoms with E-state index in [9.17, 15) is 18.7 Å². The molecule has 0 spiro atoms. The number of aliphatic hydroxyl groups excluding tert-OH is 1. The van der Waals surface area contributed by atoms with E-state index in [0.717, 1.165) is 55.1 Å². The molecule has 262 valence electrons. The number of rotatable bonds is 11. The number of nitrogens with zero attached hydrogens (tertiary/aromatic N) is 8. The van der Waals surface area contributed by atoms with Gasteiger partial charge in [0.05, 0.1) is 37.6 Å². The van der Waals surface area contributed by atoms with E-state index in [1.807, 2.05) is 36.4 Å². The predicted molar refractivity (Wildman–Crippen MR) is 183 cm³/mol. The van der Waals surface area contributed by atoms with Crippen molar-refractivity contribution in [3.63, 3.8) is 0 Å². The van der Waals surface area contributed by atoms with Crippen LogP contribution in [0.3, 0.4) is 0 Å². The third kappa shape index (κ3) is 6.85. The van der Waals surface area contributed by atoms with Crippen LogP contribution in [0, 0.1) is 17.6 Å². The Morgan fingerprint density at radius 1 is 0.920 bits per heavy atom. The van der Waals surface area contributed by atoms with Gasteiger partial charge in [-0.05, 0) is 74.9 Å². The van der Waals surface area contributed by atoms with Crippen molar-refractivity contribution >= 4 is 11.4 Å². The highest BCUT2D eigenvalue weighted by atomic mass is 19.1. The van der Waals surface area contributed by atoms with Crippen LogP contribution in [0.2, 0.25) is 0 Å². The van der Waals surface area contributed by atoms with E-state index in [-0.39, 0.29) is 18.2 Å². The van der Waals surface area contributed by atoms with Gasteiger partial charge in [-0.3, -0.25) is 0 Å². The molecule has 0 aliphatic carbocycles. The van der Waals surface area contributed by atoms with Crippen LogP contribution in [0.25, 0.3) is 5.69 Å². The summed E-state index contributed by atoms with van der Waals surface area (Å²) in [6.45, 7) is 7.77. The van der Waals surface area contributed by atoms with Gasteiger partial charge in [0, 0.05) is 55.1 Å². The number of hydrogen-bond donors (Lipinski definition) is 1. The second kappa shape index (κ2) is 14.0. The van der Waals surface area contributed by atoms with E-state index in [1.54, 1.807) is 24.9 Å². The van der Waals surface area contributed by atoms with Crippen LogP contribution < -0.4 is 20.2 Å². The number of halogens is 2. The maximum Gasteiger partial charge on any atom is 0.350 e. The van der Waals surface area contributed by atoms with E-state index in [0.29, 0.717) is 25.2 Å². The van der Waals surface area contributed by atoms with Crippen LogP contribution in [-0.4, -0.2) is 79.7 Å². The molecule has 0 unspecified atom stereocenters. The van der Waals surface area contributed by atoms with Crippen LogP contribution in [0.15, 0.2) is 90.5 Å². The van der Waals surface area contributed by atoms with Crippen LogP contribution in [-0.2, 0) is 16.9 Å². The van der Waals surface area contributed by atoms with E-state index in [4.69, 9.17) is 9.47 Å². The molecule has 2 aliphatic rings. The normalized spacial score (nSPS) is 20.6. The Balaban J connectivity index is 0.924. The monoisotopic (exact) mass is 686 g/mol. The Labute approximate surface area is 288 Å². The number of piperazine rings is 1. The molecule has 0 bridgehead atoms. The van der Waals surface area contributed by atoms with E-state index in [1.165, 1.54) is 34.0 Å². The minimum absolute atomic E-state index is 0.0118. The summed E-state index contributed by atoms with van der Waals surface area (Å²) in [6, 6.07) is 19.1. The summed E-state index contributed by atoms with van der Waals surface area (Å²) in [5, 5.41) is 18.2. The van der Waals surface area contributed by atoms with Crippen molar-refractivity contribution in [2.75, 3.05) is 49.2 Å². The molecule has 4 atom stereocenters. The van der Waals surface area contributed by atoms with E-state index >= 15 is 0 Å². The van der Waals surface area contributed by atoms with Crippen molar-refractivity contribution in [1.29, 1.82) is 0 Å².